The molecule has 2 aromatic rings. The average molecular weight is 346 g/mol. The van der Waals surface area contributed by atoms with E-state index in [4.69, 9.17) is 4.74 Å². The average Bonchev–Trinajstić information content (AvgIpc) is 2.55. The topological polar surface area (TPSA) is 50.4 Å². The van der Waals surface area contributed by atoms with Crippen LogP contribution in [0.5, 0.6) is 11.5 Å². The van der Waals surface area contributed by atoms with Gasteiger partial charge in [0.1, 0.15) is 0 Å². The summed E-state index contributed by atoms with van der Waals surface area (Å²) in [5, 5.41) is 5.96. The van der Waals surface area contributed by atoms with Crippen LogP contribution < -0.4 is 15.4 Å². The number of ether oxygens (including phenoxy) is 1. The molecule has 0 aliphatic carbocycles. The Morgan fingerprint density at radius 1 is 1.20 bits per heavy atom. The summed E-state index contributed by atoms with van der Waals surface area (Å²) >= 11 is 0. The van der Waals surface area contributed by atoms with Gasteiger partial charge in [-0.1, -0.05) is 25.1 Å². The van der Waals surface area contributed by atoms with Crippen molar-refractivity contribution in [2.75, 3.05) is 13.1 Å². The lowest BCUT2D eigenvalue weighted by atomic mass is 9.88. The van der Waals surface area contributed by atoms with Crippen molar-refractivity contribution in [3.63, 3.8) is 0 Å². The van der Waals surface area contributed by atoms with Crippen molar-refractivity contribution in [1.82, 2.24) is 10.6 Å². The first-order chi connectivity index (χ1) is 12.0. The molecule has 0 aromatic heterocycles. The monoisotopic (exact) mass is 346 g/mol. The van der Waals surface area contributed by atoms with Gasteiger partial charge in [-0.2, -0.15) is 0 Å². The van der Waals surface area contributed by atoms with Gasteiger partial charge in [0, 0.05) is 12.5 Å². The standard InChI is InChI=1S/C19H20F2N2O2/c1-12(14-10-22-11-14)19(24)23-9-13-6-7-18(16(21)8-13)25-17-5-3-2-4-15(17)20/h2-8,12,14,22H,9-11H2,1H3,(H,23,24). The lowest BCUT2D eigenvalue weighted by Crippen LogP contribution is -2.49. The van der Waals surface area contributed by atoms with E-state index in [0.717, 1.165) is 13.1 Å². The summed E-state index contributed by atoms with van der Waals surface area (Å²) < 4.78 is 33.0. The molecular formula is C19H20F2N2O2. The molecule has 1 unspecified atom stereocenters. The summed E-state index contributed by atoms with van der Waals surface area (Å²) in [6.45, 7) is 3.84. The van der Waals surface area contributed by atoms with E-state index in [2.05, 4.69) is 10.6 Å². The number of halogens is 2. The van der Waals surface area contributed by atoms with Gasteiger partial charge in [0.15, 0.2) is 23.1 Å². The van der Waals surface area contributed by atoms with Crippen LogP contribution in [0.15, 0.2) is 42.5 Å². The highest BCUT2D eigenvalue weighted by Gasteiger charge is 2.28. The predicted molar refractivity (Wildman–Crippen MR) is 90.2 cm³/mol. The molecule has 3 rings (SSSR count). The second-order valence-corrected chi connectivity index (χ2v) is 6.22. The third kappa shape index (κ3) is 4.14. The van der Waals surface area contributed by atoms with E-state index in [0.29, 0.717) is 11.5 Å². The largest absolute Gasteiger partial charge is 0.451 e. The van der Waals surface area contributed by atoms with Crippen molar-refractivity contribution in [2.45, 2.75) is 13.5 Å². The van der Waals surface area contributed by atoms with E-state index < -0.39 is 11.6 Å². The molecule has 0 bridgehead atoms. The minimum absolute atomic E-state index is 0.0367. The minimum atomic E-state index is -0.605. The summed E-state index contributed by atoms with van der Waals surface area (Å²) in [6, 6.07) is 10.2. The number of carbonyl (C=O) groups is 1. The SMILES string of the molecule is CC(C(=O)NCc1ccc(Oc2ccccc2F)c(F)c1)C1CNC1. The number of hydrogen-bond donors (Lipinski definition) is 2. The van der Waals surface area contributed by atoms with Crippen molar-refractivity contribution in [3.05, 3.63) is 59.7 Å². The predicted octanol–water partition coefficient (Wildman–Crippen LogP) is 3.23. The van der Waals surface area contributed by atoms with Gasteiger partial charge in [0.05, 0.1) is 0 Å². The lowest BCUT2D eigenvalue weighted by Gasteiger charge is -2.31. The molecule has 25 heavy (non-hydrogen) atoms. The van der Waals surface area contributed by atoms with E-state index in [-0.39, 0.29) is 29.9 Å². The van der Waals surface area contributed by atoms with Crippen molar-refractivity contribution >= 4 is 5.91 Å². The van der Waals surface area contributed by atoms with E-state index in [9.17, 15) is 13.6 Å². The van der Waals surface area contributed by atoms with Crippen LogP contribution in [-0.4, -0.2) is 19.0 Å². The van der Waals surface area contributed by atoms with Crippen molar-refractivity contribution < 1.29 is 18.3 Å². The Morgan fingerprint density at radius 3 is 2.56 bits per heavy atom. The van der Waals surface area contributed by atoms with Gasteiger partial charge < -0.3 is 15.4 Å². The third-order valence-electron chi connectivity index (χ3n) is 4.45. The smallest absolute Gasteiger partial charge is 0.223 e. The van der Waals surface area contributed by atoms with Crippen molar-refractivity contribution in [2.24, 2.45) is 11.8 Å². The van der Waals surface area contributed by atoms with Crippen molar-refractivity contribution in [3.8, 4) is 11.5 Å². The molecule has 2 N–H and O–H groups in total. The molecule has 0 radical (unpaired) electrons. The van der Waals surface area contributed by atoms with Gasteiger partial charge >= 0.3 is 0 Å². The molecule has 4 nitrogen and oxygen atoms in total. The molecular weight excluding hydrogens is 326 g/mol. The normalized spacial score (nSPS) is 15.3. The Balaban J connectivity index is 1.60. The molecule has 132 valence electrons. The molecule has 1 fully saturated rings. The Labute approximate surface area is 145 Å². The molecule has 2 aromatic carbocycles. The highest BCUT2D eigenvalue weighted by atomic mass is 19.1. The van der Waals surface area contributed by atoms with Crippen LogP contribution in [0.4, 0.5) is 8.78 Å². The fraction of sp³-hybridized carbons (Fsp3) is 0.316. The number of carbonyl (C=O) groups excluding carboxylic acids is 1. The van der Waals surface area contributed by atoms with E-state index in [1.807, 2.05) is 6.92 Å². The van der Waals surface area contributed by atoms with Crippen LogP contribution in [0.3, 0.4) is 0 Å². The van der Waals surface area contributed by atoms with Crippen LogP contribution in [0.25, 0.3) is 0 Å². The zero-order valence-corrected chi connectivity index (χ0v) is 13.9. The fourth-order valence-corrected chi connectivity index (χ4v) is 2.61. The summed E-state index contributed by atoms with van der Waals surface area (Å²) in [7, 11) is 0. The molecule has 1 heterocycles. The van der Waals surface area contributed by atoms with Gasteiger partial charge in [0.25, 0.3) is 0 Å². The van der Waals surface area contributed by atoms with Gasteiger partial charge in [-0.3, -0.25) is 4.79 Å². The van der Waals surface area contributed by atoms with Crippen molar-refractivity contribution in [1.29, 1.82) is 0 Å². The Kier molecular flexibility index (Phi) is 5.28. The molecule has 1 saturated heterocycles. The zero-order valence-electron chi connectivity index (χ0n) is 13.9. The Morgan fingerprint density at radius 2 is 1.92 bits per heavy atom. The summed E-state index contributed by atoms with van der Waals surface area (Å²) in [6.07, 6.45) is 0. The van der Waals surface area contributed by atoms with Crippen LogP contribution >= 0.6 is 0 Å². The van der Waals surface area contributed by atoms with Crippen LogP contribution in [0.2, 0.25) is 0 Å². The zero-order chi connectivity index (χ0) is 17.8. The minimum Gasteiger partial charge on any atom is -0.451 e. The van der Waals surface area contributed by atoms with E-state index in [1.54, 1.807) is 12.1 Å². The molecule has 0 saturated carbocycles. The van der Waals surface area contributed by atoms with Gasteiger partial charge in [-0.05, 0) is 48.8 Å². The number of benzene rings is 2. The maximum absolute atomic E-state index is 14.2. The van der Waals surface area contributed by atoms with Gasteiger partial charge in [-0.25, -0.2) is 8.78 Å². The second kappa shape index (κ2) is 7.61. The summed E-state index contributed by atoms with van der Waals surface area (Å²) in [5.41, 5.74) is 0.616. The summed E-state index contributed by atoms with van der Waals surface area (Å²) in [5.74, 6) is -1.02. The Bertz CT molecular complexity index is 763. The van der Waals surface area contributed by atoms with E-state index >= 15 is 0 Å². The maximum Gasteiger partial charge on any atom is 0.223 e. The molecule has 1 amide bonds. The van der Waals surface area contributed by atoms with Gasteiger partial charge in [-0.15, -0.1) is 0 Å². The lowest BCUT2D eigenvalue weighted by molar-refractivity contribution is -0.126. The number of amides is 1. The van der Waals surface area contributed by atoms with Crippen LogP contribution in [0.1, 0.15) is 12.5 Å². The Hall–Kier alpha value is -2.47. The summed E-state index contributed by atoms with van der Waals surface area (Å²) in [4.78, 5) is 12.1. The second-order valence-electron chi connectivity index (χ2n) is 6.22. The molecule has 6 heteroatoms. The first-order valence-electron chi connectivity index (χ1n) is 8.24. The quantitative estimate of drug-likeness (QED) is 0.844. The molecule has 1 aliphatic rings. The fourth-order valence-electron chi connectivity index (χ4n) is 2.61. The highest BCUT2D eigenvalue weighted by molar-refractivity contribution is 5.78. The molecule has 1 atom stereocenters. The third-order valence-corrected chi connectivity index (χ3v) is 4.45. The van der Waals surface area contributed by atoms with Crippen LogP contribution in [-0.2, 0) is 11.3 Å². The maximum atomic E-state index is 14.2. The number of nitrogens with one attached hydrogen (secondary N) is 2. The number of rotatable bonds is 6. The van der Waals surface area contributed by atoms with Crippen LogP contribution in [0, 0.1) is 23.5 Å². The highest BCUT2D eigenvalue weighted by Crippen LogP contribution is 2.27. The van der Waals surface area contributed by atoms with E-state index in [1.165, 1.54) is 30.3 Å². The molecule has 0 spiro atoms. The van der Waals surface area contributed by atoms with Gasteiger partial charge in [0.2, 0.25) is 5.91 Å². The first-order valence-corrected chi connectivity index (χ1v) is 8.24. The molecule has 1 aliphatic heterocycles. The number of para-hydroxylation sites is 1. The number of hydrogen-bond acceptors (Lipinski definition) is 3. The first kappa shape index (κ1) is 17.4.